The van der Waals surface area contributed by atoms with Gasteiger partial charge in [0.25, 0.3) is 5.91 Å². The molecule has 0 unspecified atom stereocenters. The zero-order valence-electron chi connectivity index (χ0n) is 15.5. The Hall–Kier alpha value is -3.81. The molecule has 0 aliphatic heterocycles. The van der Waals surface area contributed by atoms with Crippen LogP contribution in [0.25, 0.3) is 11.3 Å². The maximum atomic E-state index is 12.3. The summed E-state index contributed by atoms with van der Waals surface area (Å²) in [4.78, 5) is 24.9. The third-order valence-corrected chi connectivity index (χ3v) is 3.67. The van der Waals surface area contributed by atoms with Crippen LogP contribution in [-0.2, 0) is 0 Å². The third kappa shape index (κ3) is 4.88. The first-order chi connectivity index (χ1) is 13.7. The number of methoxy groups -OCH3 is 1. The van der Waals surface area contributed by atoms with E-state index in [1.165, 1.54) is 12.4 Å². The van der Waals surface area contributed by atoms with Crippen LogP contribution in [0.4, 0.5) is 0 Å². The summed E-state index contributed by atoms with van der Waals surface area (Å²) in [5.41, 5.74) is 4.64. The van der Waals surface area contributed by atoms with E-state index >= 15 is 0 Å². The highest BCUT2D eigenvalue weighted by Crippen LogP contribution is 2.18. The summed E-state index contributed by atoms with van der Waals surface area (Å²) < 4.78 is 10.5. The number of pyridine rings is 1. The van der Waals surface area contributed by atoms with E-state index < -0.39 is 5.91 Å². The zero-order chi connectivity index (χ0) is 19.8. The molecule has 0 saturated carbocycles. The van der Waals surface area contributed by atoms with Gasteiger partial charge in [-0.25, -0.2) is 15.4 Å². The molecule has 0 saturated heterocycles. The molecule has 0 atom stereocenters. The van der Waals surface area contributed by atoms with Crippen LogP contribution in [0.2, 0.25) is 0 Å². The van der Waals surface area contributed by atoms with E-state index in [1.54, 1.807) is 31.6 Å². The summed E-state index contributed by atoms with van der Waals surface area (Å²) in [6.07, 6.45) is 6.08. The van der Waals surface area contributed by atoms with Gasteiger partial charge in [0, 0.05) is 17.8 Å². The Morgan fingerprint density at radius 3 is 2.86 bits per heavy atom. The fraction of sp³-hybridized carbons (Fsp3) is 0.150. The average molecular weight is 377 g/mol. The molecule has 0 radical (unpaired) electrons. The molecule has 1 amide bonds. The van der Waals surface area contributed by atoms with E-state index in [4.69, 9.17) is 9.47 Å². The third-order valence-electron chi connectivity index (χ3n) is 3.67. The number of ether oxygens (including phenoxy) is 2. The Labute approximate surface area is 162 Å². The molecule has 0 aliphatic carbocycles. The fourth-order valence-electron chi connectivity index (χ4n) is 2.32. The smallest absolute Gasteiger partial charge is 0.291 e. The summed E-state index contributed by atoms with van der Waals surface area (Å²) in [6.45, 7) is 2.43. The lowest BCUT2D eigenvalue weighted by molar-refractivity contribution is 0.0950. The van der Waals surface area contributed by atoms with Gasteiger partial charge in [0.15, 0.2) is 0 Å². The van der Waals surface area contributed by atoms with E-state index in [9.17, 15) is 4.79 Å². The van der Waals surface area contributed by atoms with Gasteiger partial charge in [-0.2, -0.15) is 5.10 Å². The number of amides is 1. The second kappa shape index (κ2) is 9.22. The van der Waals surface area contributed by atoms with Crippen LogP contribution in [0.1, 0.15) is 23.0 Å². The Balaban J connectivity index is 1.68. The van der Waals surface area contributed by atoms with E-state index in [0.29, 0.717) is 23.9 Å². The van der Waals surface area contributed by atoms with Gasteiger partial charge in [0.2, 0.25) is 5.88 Å². The van der Waals surface area contributed by atoms with Gasteiger partial charge in [-0.05, 0) is 30.7 Å². The molecule has 0 spiro atoms. The molecule has 1 N–H and O–H groups in total. The molecule has 0 bridgehead atoms. The number of rotatable bonds is 7. The van der Waals surface area contributed by atoms with Gasteiger partial charge in [0.05, 0.1) is 38.0 Å². The van der Waals surface area contributed by atoms with Crippen LogP contribution >= 0.6 is 0 Å². The first-order valence-electron chi connectivity index (χ1n) is 8.58. The maximum Gasteiger partial charge on any atom is 0.291 e. The Morgan fingerprint density at radius 1 is 1.21 bits per heavy atom. The normalized spacial score (nSPS) is 10.6. The van der Waals surface area contributed by atoms with Gasteiger partial charge in [-0.1, -0.05) is 12.1 Å². The van der Waals surface area contributed by atoms with Crippen LogP contribution in [0.5, 0.6) is 11.6 Å². The quantitative estimate of drug-likeness (QED) is 0.502. The number of benzene rings is 1. The van der Waals surface area contributed by atoms with Crippen LogP contribution in [0.3, 0.4) is 0 Å². The second-order valence-electron chi connectivity index (χ2n) is 5.58. The van der Waals surface area contributed by atoms with Crippen molar-refractivity contribution in [3.8, 4) is 22.9 Å². The SMILES string of the molecule is CCOc1ccc(-c2cncc(C(=O)N/N=C/c3cccc(OC)c3)n2)cn1. The first-order valence-corrected chi connectivity index (χ1v) is 8.58. The average Bonchev–Trinajstić information content (AvgIpc) is 2.75. The predicted octanol–water partition coefficient (Wildman–Crippen LogP) is 2.71. The lowest BCUT2D eigenvalue weighted by atomic mass is 10.2. The van der Waals surface area contributed by atoms with Crippen molar-refractivity contribution in [2.24, 2.45) is 5.10 Å². The van der Waals surface area contributed by atoms with Gasteiger partial charge in [0.1, 0.15) is 11.4 Å². The number of carbonyl (C=O) groups excluding carboxylic acids is 1. The van der Waals surface area contributed by atoms with Crippen molar-refractivity contribution in [3.05, 3.63) is 66.2 Å². The molecule has 3 rings (SSSR count). The summed E-state index contributed by atoms with van der Waals surface area (Å²) in [5, 5.41) is 3.95. The van der Waals surface area contributed by atoms with Crippen LogP contribution in [0.15, 0.2) is 60.1 Å². The minimum atomic E-state index is -0.465. The highest BCUT2D eigenvalue weighted by Gasteiger charge is 2.09. The van der Waals surface area contributed by atoms with E-state index in [2.05, 4.69) is 25.5 Å². The number of aromatic nitrogens is 3. The molecule has 28 heavy (non-hydrogen) atoms. The maximum absolute atomic E-state index is 12.3. The van der Waals surface area contributed by atoms with E-state index in [0.717, 1.165) is 11.1 Å². The number of hydrazone groups is 1. The summed E-state index contributed by atoms with van der Waals surface area (Å²) in [6, 6.07) is 10.9. The fourth-order valence-corrected chi connectivity index (χ4v) is 2.32. The number of hydrogen-bond acceptors (Lipinski definition) is 7. The Kier molecular flexibility index (Phi) is 6.25. The van der Waals surface area contributed by atoms with Crippen molar-refractivity contribution in [1.82, 2.24) is 20.4 Å². The molecular weight excluding hydrogens is 358 g/mol. The first kappa shape index (κ1) is 19.0. The number of carbonyl (C=O) groups is 1. The van der Waals surface area contributed by atoms with Gasteiger partial charge in [-0.3, -0.25) is 9.78 Å². The Bertz CT molecular complexity index is 974. The molecular formula is C20H19N5O3. The highest BCUT2D eigenvalue weighted by molar-refractivity contribution is 5.93. The van der Waals surface area contributed by atoms with Gasteiger partial charge >= 0.3 is 0 Å². The topological polar surface area (TPSA) is 98.6 Å². The number of nitrogens with zero attached hydrogens (tertiary/aromatic N) is 4. The van der Waals surface area contributed by atoms with E-state index in [-0.39, 0.29) is 5.69 Å². The van der Waals surface area contributed by atoms with Crippen molar-refractivity contribution in [2.45, 2.75) is 6.92 Å². The minimum Gasteiger partial charge on any atom is -0.497 e. The van der Waals surface area contributed by atoms with Crippen molar-refractivity contribution in [3.63, 3.8) is 0 Å². The Morgan fingerprint density at radius 2 is 2.11 bits per heavy atom. The molecule has 3 aromatic rings. The lowest BCUT2D eigenvalue weighted by Gasteiger charge is -2.05. The molecule has 1 aromatic carbocycles. The monoisotopic (exact) mass is 377 g/mol. The number of hydrogen-bond donors (Lipinski definition) is 1. The minimum absolute atomic E-state index is 0.147. The summed E-state index contributed by atoms with van der Waals surface area (Å²) >= 11 is 0. The standard InChI is InChI=1S/C20H19N5O3/c1-3-28-19-8-7-15(11-22-19)17-12-21-13-18(24-17)20(26)25-23-10-14-5-4-6-16(9-14)27-2/h4-13H,3H2,1-2H3,(H,25,26)/b23-10+. The van der Waals surface area contributed by atoms with Crippen molar-refractivity contribution in [1.29, 1.82) is 0 Å². The molecule has 8 nitrogen and oxygen atoms in total. The highest BCUT2D eigenvalue weighted by atomic mass is 16.5. The lowest BCUT2D eigenvalue weighted by Crippen LogP contribution is -2.19. The largest absolute Gasteiger partial charge is 0.497 e. The molecule has 0 aliphatic rings. The van der Waals surface area contributed by atoms with Crippen molar-refractivity contribution in [2.75, 3.05) is 13.7 Å². The van der Waals surface area contributed by atoms with Gasteiger partial charge < -0.3 is 9.47 Å². The van der Waals surface area contributed by atoms with Gasteiger partial charge in [-0.15, -0.1) is 0 Å². The van der Waals surface area contributed by atoms with E-state index in [1.807, 2.05) is 31.2 Å². The van der Waals surface area contributed by atoms with Crippen molar-refractivity contribution >= 4 is 12.1 Å². The molecule has 8 heteroatoms. The molecule has 0 fully saturated rings. The molecule has 2 heterocycles. The molecule has 2 aromatic heterocycles. The number of nitrogens with one attached hydrogen (secondary N) is 1. The summed E-state index contributed by atoms with van der Waals surface area (Å²) in [7, 11) is 1.59. The molecule has 142 valence electrons. The zero-order valence-corrected chi connectivity index (χ0v) is 15.5. The van der Waals surface area contributed by atoms with Crippen LogP contribution in [0, 0.1) is 0 Å². The second-order valence-corrected chi connectivity index (χ2v) is 5.58. The van der Waals surface area contributed by atoms with Crippen LogP contribution in [-0.4, -0.2) is 40.8 Å². The predicted molar refractivity (Wildman–Crippen MR) is 104 cm³/mol. The van der Waals surface area contributed by atoms with Crippen molar-refractivity contribution < 1.29 is 14.3 Å². The summed E-state index contributed by atoms with van der Waals surface area (Å²) in [5.74, 6) is 0.769. The van der Waals surface area contributed by atoms with Crippen LogP contribution < -0.4 is 14.9 Å².